The van der Waals surface area contributed by atoms with Crippen LogP contribution in [0, 0.1) is 11.8 Å². The van der Waals surface area contributed by atoms with E-state index in [9.17, 15) is 0 Å². The van der Waals surface area contributed by atoms with Gasteiger partial charge in [-0.3, -0.25) is 4.99 Å². The van der Waals surface area contributed by atoms with Crippen molar-refractivity contribution in [1.29, 1.82) is 0 Å². The van der Waals surface area contributed by atoms with Crippen LogP contribution in [-0.4, -0.2) is 47.7 Å². The lowest BCUT2D eigenvalue weighted by Gasteiger charge is -2.22. The molecule has 0 aromatic carbocycles. The van der Waals surface area contributed by atoms with Gasteiger partial charge >= 0.3 is 0 Å². The van der Waals surface area contributed by atoms with E-state index in [0.717, 1.165) is 56.1 Å². The van der Waals surface area contributed by atoms with Crippen LogP contribution in [0.25, 0.3) is 0 Å². The molecule has 0 bridgehead atoms. The molecule has 1 N–H and O–H groups in total. The number of nitrogens with zero attached hydrogens (tertiary/aromatic N) is 4. The molecule has 1 aromatic rings. The molecule has 6 nitrogen and oxygen atoms in total. The van der Waals surface area contributed by atoms with Crippen molar-refractivity contribution in [2.45, 2.75) is 45.4 Å². The molecule has 7 heteroatoms. The first-order chi connectivity index (χ1) is 10.8. The van der Waals surface area contributed by atoms with Crippen LogP contribution in [0.3, 0.4) is 0 Å². The fourth-order valence-electron chi connectivity index (χ4n) is 3.73. The highest BCUT2D eigenvalue weighted by Crippen LogP contribution is 2.35. The van der Waals surface area contributed by atoms with Crippen LogP contribution in [0.4, 0.5) is 0 Å². The zero-order chi connectivity index (χ0) is 15.4. The monoisotopic (exact) mass is 433 g/mol. The van der Waals surface area contributed by atoms with Gasteiger partial charge in [-0.15, -0.1) is 24.0 Å². The van der Waals surface area contributed by atoms with E-state index in [1.54, 1.807) is 0 Å². The summed E-state index contributed by atoms with van der Waals surface area (Å²) in [5.41, 5.74) is 0. The van der Waals surface area contributed by atoms with Gasteiger partial charge in [-0.25, -0.2) is 0 Å². The minimum absolute atomic E-state index is 0. The van der Waals surface area contributed by atoms with Crippen LogP contribution in [0.2, 0.25) is 0 Å². The SMILES string of the molecule is CCc1nc(CCNC(=NC)N2CC3CCCCC3C2)no1.I. The first-order valence-electron chi connectivity index (χ1n) is 8.57. The lowest BCUT2D eigenvalue weighted by molar-refractivity contribution is 0.299. The van der Waals surface area contributed by atoms with E-state index in [2.05, 4.69) is 25.3 Å². The quantitative estimate of drug-likeness (QED) is 0.449. The molecule has 2 aliphatic rings. The number of aryl methyl sites for hydroxylation is 1. The van der Waals surface area contributed by atoms with Crippen molar-refractivity contribution in [3.05, 3.63) is 11.7 Å². The van der Waals surface area contributed by atoms with Gasteiger partial charge in [0.25, 0.3) is 0 Å². The highest BCUT2D eigenvalue weighted by Gasteiger charge is 2.35. The Morgan fingerprint density at radius 3 is 2.57 bits per heavy atom. The molecule has 1 aromatic heterocycles. The van der Waals surface area contributed by atoms with Crippen LogP contribution in [0.1, 0.15) is 44.3 Å². The van der Waals surface area contributed by atoms with E-state index in [0.29, 0.717) is 5.89 Å². The molecule has 23 heavy (non-hydrogen) atoms. The molecule has 1 saturated carbocycles. The number of hydrogen-bond donors (Lipinski definition) is 1. The van der Waals surface area contributed by atoms with E-state index < -0.39 is 0 Å². The standard InChI is InChI=1S/C16H27N5O.HI/c1-3-15-19-14(20-22-15)8-9-18-16(17-2)21-10-12-6-4-5-7-13(12)11-21;/h12-13H,3-11H2,1-2H3,(H,17,18);1H. The number of rotatable bonds is 4. The Morgan fingerprint density at radius 2 is 2.00 bits per heavy atom. The fraction of sp³-hybridized carbons (Fsp3) is 0.812. The predicted molar refractivity (Wildman–Crippen MR) is 101 cm³/mol. The third-order valence-corrected chi connectivity index (χ3v) is 4.93. The van der Waals surface area contributed by atoms with Gasteiger partial charge < -0.3 is 14.7 Å². The zero-order valence-corrected chi connectivity index (χ0v) is 16.5. The molecule has 1 saturated heterocycles. The van der Waals surface area contributed by atoms with Crippen molar-refractivity contribution in [3.63, 3.8) is 0 Å². The molecule has 0 amide bonds. The Morgan fingerprint density at radius 1 is 1.30 bits per heavy atom. The highest BCUT2D eigenvalue weighted by atomic mass is 127. The topological polar surface area (TPSA) is 66.6 Å². The highest BCUT2D eigenvalue weighted by molar-refractivity contribution is 14.0. The van der Waals surface area contributed by atoms with Crippen LogP contribution in [0.5, 0.6) is 0 Å². The Bertz CT molecular complexity index is 504. The molecule has 130 valence electrons. The van der Waals surface area contributed by atoms with Gasteiger partial charge in [-0.2, -0.15) is 4.98 Å². The third kappa shape index (κ3) is 4.58. The number of aromatic nitrogens is 2. The summed E-state index contributed by atoms with van der Waals surface area (Å²) in [5.74, 6) is 4.25. The maximum absolute atomic E-state index is 5.13. The van der Waals surface area contributed by atoms with Crippen molar-refractivity contribution in [2.75, 3.05) is 26.7 Å². The van der Waals surface area contributed by atoms with Crippen molar-refractivity contribution in [2.24, 2.45) is 16.8 Å². The van der Waals surface area contributed by atoms with Gasteiger partial charge in [0.05, 0.1) is 0 Å². The summed E-state index contributed by atoms with van der Waals surface area (Å²) in [6.45, 7) is 5.13. The van der Waals surface area contributed by atoms with Crippen molar-refractivity contribution >= 4 is 29.9 Å². The molecule has 0 radical (unpaired) electrons. The number of likely N-dealkylation sites (tertiary alicyclic amines) is 1. The van der Waals surface area contributed by atoms with Crippen LogP contribution >= 0.6 is 24.0 Å². The summed E-state index contributed by atoms with van der Waals surface area (Å²) < 4.78 is 5.13. The van der Waals surface area contributed by atoms with E-state index in [1.165, 1.54) is 25.7 Å². The van der Waals surface area contributed by atoms with Crippen LogP contribution < -0.4 is 5.32 Å². The smallest absolute Gasteiger partial charge is 0.226 e. The minimum atomic E-state index is 0. The van der Waals surface area contributed by atoms with E-state index in [1.807, 2.05) is 14.0 Å². The summed E-state index contributed by atoms with van der Waals surface area (Å²) in [4.78, 5) is 11.2. The average Bonchev–Trinajstić information content (AvgIpc) is 3.17. The van der Waals surface area contributed by atoms with Gasteiger partial charge in [0, 0.05) is 39.5 Å². The van der Waals surface area contributed by atoms with Gasteiger partial charge in [-0.1, -0.05) is 24.9 Å². The van der Waals surface area contributed by atoms with Crippen molar-refractivity contribution in [3.8, 4) is 0 Å². The first-order valence-corrected chi connectivity index (χ1v) is 8.57. The molecule has 3 rings (SSSR count). The number of aliphatic imine (C=N–C) groups is 1. The molecule has 1 aliphatic heterocycles. The second kappa shape index (κ2) is 8.84. The number of fused-ring (bicyclic) bond motifs is 1. The van der Waals surface area contributed by atoms with Gasteiger partial charge in [0.1, 0.15) is 0 Å². The molecular formula is C16H28IN5O. The molecule has 2 atom stereocenters. The number of halogens is 1. The van der Waals surface area contributed by atoms with Crippen molar-refractivity contribution in [1.82, 2.24) is 20.4 Å². The van der Waals surface area contributed by atoms with Crippen LogP contribution in [0.15, 0.2) is 9.52 Å². The van der Waals surface area contributed by atoms with Crippen molar-refractivity contribution < 1.29 is 4.52 Å². The average molecular weight is 433 g/mol. The summed E-state index contributed by atoms with van der Waals surface area (Å²) in [6, 6.07) is 0. The van der Waals surface area contributed by atoms with E-state index >= 15 is 0 Å². The number of hydrogen-bond acceptors (Lipinski definition) is 4. The number of nitrogens with one attached hydrogen (secondary N) is 1. The molecule has 2 heterocycles. The summed E-state index contributed by atoms with van der Waals surface area (Å²) in [5, 5.41) is 7.44. The maximum Gasteiger partial charge on any atom is 0.226 e. The van der Waals surface area contributed by atoms with E-state index in [4.69, 9.17) is 4.52 Å². The van der Waals surface area contributed by atoms with Crippen LogP contribution in [-0.2, 0) is 12.8 Å². The summed E-state index contributed by atoms with van der Waals surface area (Å²) >= 11 is 0. The Labute approximate surface area is 155 Å². The Hall–Kier alpha value is -0.860. The first kappa shape index (κ1) is 18.5. The molecular weight excluding hydrogens is 405 g/mol. The Balaban J connectivity index is 0.00000192. The summed E-state index contributed by atoms with van der Waals surface area (Å²) in [6.07, 6.45) is 7.14. The second-order valence-electron chi connectivity index (χ2n) is 6.39. The van der Waals surface area contributed by atoms with Gasteiger partial charge in [0.2, 0.25) is 5.89 Å². The zero-order valence-electron chi connectivity index (χ0n) is 14.1. The molecule has 1 aliphatic carbocycles. The maximum atomic E-state index is 5.13. The summed E-state index contributed by atoms with van der Waals surface area (Å²) in [7, 11) is 1.87. The molecule has 0 spiro atoms. The molecule has 2 unspecified atom stereocenters. The largest absolute Gasteiger partial charge is 0.356 e. The van der Waals surface area contributed by atoms with E-state index in [-0.39, 0.29) is 24.0 Å². The predicted octanol–water partition coefficient (Wildman–Crippen LogP) is 2.49. The number of guanidine groups is 1. The normalized spacial score (nSPS) is 24.3. The minimum Gasteiger partial charge on any atom is -0.356 e. The lowest BCUT2D eigenvalue weighted by atomic mass is 9.82. The van der Waals surface area contributed by atoms with Gasteiger partial charge in [-0.05, 0) is 24.7 Å². The Kier molecular flexibility index (Phi) is 7.10. The second-order valence-corrected chi connectivity index (χ2v) is 6.39. The fourth-order valence-corrected chi connectivity index (χ4v) is 3.73. The molecule has 2 fully saturated rings. The lowest BCUT2D eigenvalue weighted by Crippen LogP contribution is -2.41. The van der Waals surface area contributed by atoms with Gasteiger partial charge in [0.15, 0.2) is 11.8 Å². The third-order valence-electron chi connectivity index (χ3n) is 4.93.